The van der Waals surface area contributed by atoms with Crippen LogP contribution in [0.5, 0.6) is 0 Å². The third kappa shape index (κ3) is 3.56. The van der Waals surface area contributed by atoms with Gasteiger partial charge in [-0.1, -0.05) is 41.4 Å². The molecule has 0 N–H and O–H groups in total. The second-order valence-electron chi connectivity index (χ2n) is 1.98. The second-order valence-corrected chi connectivity index (χ2v) is 3.71. The van der Waals surface area contributed by atoms with E-state index in [0.29, 0.717) is 0 Å². The molecule has 1 aromatic heterocycles. The summed E-state index contributed by atoms with van der Waals surface area (Å²) in [7, 11) is 0. The third-order valence-corrected chi connectivity index (χ3v) is 1.85. The second kappa shape index (κ2) is 6.27. The van der Waals surface area contributed by atoms with E-state index in [9.17, 15) is 4.39 Å². The maximum Gasteiger partial charge on any atom is 0.183 e. The molecule has 0 aliphatic heterocycles. The lowest BCUT2D eigenvalue weighted by Gasteiger charge is -2.02. The molecule has 0 spiro atoms. The summed E-state index contributed by atoms with van der Waals surface area (Å²) >= 11 is 8.59. The summed E-state index contributed by atoms with van der Waals surface area (Å²) in [6, 6.07) is 0. The van der Waals surface area contributed by atoms with Crippen molar-refractivity contribution in [2.75, 3.05) is 0 Å². The van der Waals surface area contributed by atoms with Gasteiger partial charge in [-0.3, -0.25) is 0 Å². The van der Waals surface area contributed by atoms with Gasteiger partial charge in [0.2, 0.25) is 0 Å². The van der Waals surface area contributed by atoms with Gasteiger partial charge < -0.3 is 0 Å². The van der Waals surface area contributed by atoms with Crippen LogP contribution in [0.4, 0.5) is 4.39 Å². The first-order chi connectivity index (χ1) is 6.13. The summed E-state index contributed by atoms with van der Waals surface area (Å²) in [5.74, 6) is -0.557. The SMILES string of the molecule is CC.CC(Br)c1ncnc(Cl)c1F. The van der Waals surface area contributed by atoms with E-state index in [2.05, 4.69) is 25.9 Å². The fourth-order valence-corrected chi connectivity index (χ4v) is 1.10. The van der Waals surface area contributed by atoms with E-state index in [1.807, 2.05) is 13.8 Å². The molecule has 5 heteroatoms. The molecular formula is C8H11BrClFN2. The Morgan fingerprint density at radius 3 is 2.38 bits per heavy atom. The summed E-state index contributed by atoms with van der Waals surface area (Å²) in [5.41, 5.74) is 0.282. The van der Waals surface area contributed by atoms with Crippen LogP contribution in [0.2, 0.25) is 5.15 Å². The smallest absolute Gasteiger partial charge is 0.183 e. The first-order valence-corrected chi connectivity index (χ1v) is 5.22. The number of nitrogens with zero attached hydrogens (tertiary/aromatic N) is 2. The van der Waals surface area contributed by atoms with E-state index in [1.165, 1.54) is 6.33 Å². The van der Waals surface area contributed by atoms with Crippen molar-refractivity contribution >= 4 is 27.5 Å². The highest BCUT2D eigenvalue weighted by Crippen LogP contribution is 2.24. The van der Waals surface area contributed by atoms with Gasteiger partial charge in [-0.15, -0.1) is 0 Å². The van der Waals surface area contributed by atoms with Crippen LogP contribution >= 0.6 is 27.5 Å². The van der Waals surface area contributed by atoms with Crippen LogP contribution in [-0.2, 0) is 0 Å². The van der Waals surface area contributed by atoms with Crippen LogP contribution in [0.15, 0.2) is 6.33 Å². The van der Waals surface area contributed by atoms with Crippen LogP contribution in [0.3, 0.4) is 0 Å². The van der Waals surface area contributed by atoms with Gasteiger partial charge in [0.05, 0.1) is 10.5 Å². The minimum atomic E-state index is -0.557. The summed E-state index contributed by atoms with van der Waals surface area (Å²) < 4.78 is 13.0. The van der Waals surface area contributed by atoms with E-state index in [0.717, 1.165) is 0 Å². The normalized spacial score (nSPS) is 11.5. The van der Waals surface area contributed by atoms with Crippen molar-refractivity contribution in [3.8, 4) is 0 Å². The molecule has 0 fully saturated rings. The predicted octanol–water partition coefficient (Wildman–Crippen LogP) is 3.75. The Balaban J connectivity index is 0.000000671. The Kier molecular flexibility index (Phi) is 6.16. The molecular weight excluding hydrogens is 258 g/mol. The molecule has 1 heterocycles. The number of alkyl halides is 1. The molecule has 0 saturated carbocycles. The highest BCUT2D eigenvalue weighted by Gasteiger charge is 2.12. The van der Waals surface area contributed by atoms with Crippen LogP contribution in [-0.4, -0.2) is 9.97 Å². The molecule has 1 rings (SSSR count). The number of hydrogen-bond donors (Lipinski definition) is 0. The predicted molar refractivity (Wildman–Crippen MR) is 55.7 cm³/mol. The van der Waals surface area contributed by atoms with E-state index in [4.69, 9.17) is 11.6 Å². The Bertz CT molecular complexity index is 268. The van der Waals surface area contributed by atoms with Crippen molar-refractivity contribution in [1.82, 2.24) is 9.97 Å². The Morgan fingerprint density at radius 2 is 2.00 bits per heavy atom. The topological polar surface area (TPSA) is 25.8 Å². The van der Waals surface area contributed by atoms with Gasteiger partial charge in [0.15, 0.2) is 11.0 Å². The van der Waals surface area contributed by atoms with Gasteiger partial charge >= 0.3 is 0 Å². The number of rotatable bonds is 1. The van der Waals surface area contributed by atoms with Gasteiger partial charge in [-0.05, 0) is 6.92 Å². The summed E-state index contributed by atoms with van der Waals surface area (Å²) in [6.07, 6.45) is 1.23. The number of aromatic nitrogens is 2. The van der Waals surface area contributed by atoms with Crippen molar-refractivity contribution in [1.29, 1.82) is 0 Å². The highest BCUT2D eigenvalue weighted by atomic mass is 79.9. The maximum atomic E-state index is 13.0. The molecule has 13 heavy (non-hydrogen) atoms. The molecule has 1 atom stereocenters. The minimum absolute atomic E-state index is 0.138. The van der Waals surface area contributed by atoms with Crippen molar-refractivity contribution in [3.05, 3.63) is 23.0 Å². The molecule has 1 aromatic rings. The first kappa shape index (κ1) is 12.8. The standard InChI is InChI=1S/C6H5BrClFN2.C2H6/c1-3(7)5-4(9)6(8)11-2-10-5;1-2/h2-3H,1H3;1-2H3. The number of hydrogen-bond acceptors (Lipinski definition) is 2. The highest BCUT2D eigenvalue weighted by molar-refractivity contribution is 9.09. The zero-order valence-corrected chi connectivity index (χ0v) is 10.0. The Labute approximate surface area is 90.7 Å². The van der Waals surface area contributed by atoms with Gasteiger partial charge in [-0.25, -0.2) is 14.4 Å². The van der Waals surface area contributed by atoms with Crippen molar-refractivity contribution in [3.63, 3.8) is 0 Å². The fraction of sp³-hybridized carbons (Fsp3) is 0.500. The van der Waals surface area contributed by atoms with E-state index < -0.39 is 5.82 Å². The number of halogens is 3. The lowest BCUT2D eigenvalue weighted by Crippen LogP contribution is -1.97. The van der Waals surface area contributed by atoms with Gasteiger partial charge in [0.1, 0.15) is 6.33 Å². The summed E-state index contributed by atoms with van der Waals surface area (Å²) in [6.45, 7) is 5.77. The molecule has 0 aliphatic rings. The van der Waals surface area contributed by atoms with Gasteiger partial charge in [0, 0.05) is 0 Å². The Hall–Kier alpha value is -0.220. The molecule has 0 radical (unpaired) electrons. The quantitative estimate of drug-likeness (QED) is 0.573. The van der Waals surface area contributed by atoms with Crippen molar-refractivity contribution in [2.45, 2.75) is 25.6 Å². The molecule has 0 amide bonds. The third-order valence-electron chi connectivity index (χ3n) is 1.15. The molecule has 0 saturated heterocycles. The maximum absolute atomic E-state index is 13.0. The largest absolute Gasteiger partial charge is 0.237 e. The lowest BCUT2D eigenvalue weighted by atomic mass is 10.3. The average Bonchev–Trinajstić information content (AvgIpc) is 2.13. The Morgan fingerprint density at radius 1 is 1.46 bits per heavy atom. The molecule has 74 valence electrons. The molecule has 0 bridgehead atoms. The molecule has 0 aromatic carbocycles. The molecule has 2 nitrogen and oxygen atoms in total. The van der Waals surface area contributed by atoms with Crippen LogP contribution in [0, 0.1) is 5.82 Å². The molecule has 0 aliphatic carbocycles. The zero-order valence-electron chi connectivity index (χ0n) is 7.68. The van der Waals surface area contributed by atoms with Crippen LogP contribution < -0.4 is 0 Å². The molecule has 1 unspecified atom stereocenters. The van der Waals surface area contributed by atoms with E-state index in [-0.39, 0.29) is 15.7 Å². The van der Waals surface area contributed by atoms with Crippen LogP contribution in [0.1, 0.15) is 31.3 Å². The lowest BCUT2D eigenvalue weighted by molar-refractivity contribution is 0.593. The minimum Gasteiger partial charge on any atom is -0.237 e. The fourth-order valence-electron chi connectivity index (χ4n) is 0.638. The van der Waals surface area contributed by atoms with Crippen LogP contribution in [0.25, 0.3) is 0 Å². The monoisotopic (exact) mass is 268 g/mol. The zero-order chi connectivity index (χ0) is 10.4. The summed E-state index contributed by atoms with van der Waals surface area (Å²) in [4.78, 5) is 7.05. The van der Waals surface area contributed by atoms with E-state index >= 15 is 0 Å². The first-order valence-electron chi connectivity index (χ1n) is 3.93. The summed E-state index contributed by atoms with van der Waals surface area (Å²) in [5, 5.41) is -0.138. The van der Waals surface area contributed by atoms with Gasteiger partial charge in [-0.2, -0.15) is 0 Å². The van der Waals surface area contributed by atoms with Crippen molar-refractivity contribution < 1.29 is 4.39 Å². The average molecular weight is 270 g/mol. The van der Waals surface area contributed by atoms with Crippen molar-refractivity contribution in [2.24, 2.45) is 0 Å². The van der Waals surface area contributed by atoms with E-state index in [1.54, 1.807) is 6.92 Å². The van der Waals surface area contributed by atoms with Gasteiger partial charge in [0.25, 0.3) is 0 Å².